The van der Waals surface area contributed by atoms with Crippen LogP contribution in [0, 0.1) is 0 Å². The first-order valence-electron chi connectivity index (χ1n) is 4.57. The summed E-state index contributed by atoms with van der Waals surface area (Å²) in [6.45, 7) is 2.04. The van der Waals surface area contributed by atoms with Gasteiger partial charge in [0.05, 0.1) is 17.2 Å². The Bertz CT molecular complexity index is 375. The number of hydrogen-bond acceptors (Lipinski definition) is 4. The highest BCUT2D eigenvalue weighted by molar-refractivity contribution is 8.14. The molecule has 0 spiro atoms. The van der Waals surface area contributed by atoms with Gasteiger partial charge in [-0.1, -0.05) is 18.7 Å². The molecular formula is C9H10N3O2S. The van der Waals surface area contributed by atoms with E-state index in [1.165, 1.54) is 24.3 Å². The molecule has 1 unspecified atom stereocenters. The van der Waals surface area contributed by atoms with Gasteiger partial charge >= 0.3 is 0 Å². The lowest BCUT2D eigenvalue weighted by molar-refractivity contribution is 0.100. The minimum Gasteiger partial charge on any atom is -0.472 e. The van der Waals surface area contributed by atoms with Crippen molar-refractivity contribution in [3.63, 3.8) is 0 Å². The molecule has 1 radical (unpaired) electrons. The van der Waals surface area contributed by atoms with Gasteiger partial charge in [0.2, 0.25) is 5.17 Å². The van der Waals surface area contributed by atoms with E-state index in [9.17, 15) is 4.79 Å². The molecule has 1 amide bonds. The zero-order chi connectivity index (χ0) is 10.7. The third-order valence-corrected chi connectivity index (χ3v) is 3.00. The molecule has 5 nitrogen and oxygen atoms in total. The van der Waals surface area contributed by atoms with E-state index >= 15 is 0 Å². The highest BCUT2D eigenvalue weighted by Gasteiger charge is 2.21. The maximum Gasteiger partial charge on any atom is 0.282 e. The maximum atomic E-state index is 11.5. The molecule has 1 saturated heterocycles. The zero-order valence-electron chi connectivity index (χ0n) is 8.14. The summed E-state index contributed by atoms with van der Waals surface area (Å²) >= 11 is 1.46. The van der Waals surface area contributed by atoms with Crippen molar-refractivity contribution in [2.45, 2.75) is 18.7 Å². The fraction of sp³-hybridized carbons (Fsp3) is 0.333. The molecule has 1 aliphatic rings. The van der Waals surface area contributed by atoms with Crippen molar-refractivity contribution in [1.29, 1.82) is 0 Å². The standard InChI is InChI=1S/C9H10N3O2S/c1-2-7-11-12-9(15-7)10-8(13)6-3-4-14-5-6/h3-5,7,11H,2H2,1H3. The minimum absolute atomic E-state index is 0.223. The summed E-state index contributed by atoms with van der Waals surface area (Å²) < 4.78 is 4.80. The molecule has 2 heterocycles. The van der Waals surface area contributed by atoms with Crippen LogP contribution < -0.4 is 10.9 Å². The second kappa shape index (κ2) is 4.50. The lowest BCUT2D eigenvalue weighted by atomic mass is 10.3. The summed E-state index contributed by atoms with van der Waals surface area (Å²) in [6.07, 6.45) is 3.75. The summed E-state index contributed by atoms with van der Waals surface area (Å²) in [5, 5.41) is 0.703. The molecule has 1 fully saturated rings. The molecule has 1 aliphatic heterocycles. The van der Waals surface area contributed by atoms with Crippen LogP contribution in [-0.2, 0) is 0 Å². The van der Waals surface area contributed by atoms with Crippen molar-refractivity contribution in [3.8, 4) is 0 Å². The minimum atomic E-state index is -0.325. The predicted octanol–water partition coefficient (Wildman–Crippen LogP) is 1.37. The largest absolute Gasteiger partial charge is 0.472 e. The van der Waals surface area contributed by atoms with Crippen LogP contribution in [-0.4, -0.2) is 16.4 Å². The Morgan fingerprint density at radius 1 is 1.80 bits per heavy atom. The van der Waals surface area contributed by atoms with Crippen LogP contribution in [0.15, 0.2) is 28.0 Å². The zero-order valence-corrected chi connectivity index (χ0v) is 8.95. The van der Waals surface area contributed by atoms with Gasteiger partial charge in [-0.05, 0) is 12.5 Å². The van der Waals surface area contributed by atoms with Gasteiger partial charge in [-0.2, -0.15) is 15.8 Å². The van der Waals surface area contributed by atoms with Crippen molar-refractivity contribution in [2.24, 2.45) is 4.99 Å². The highest BCUT2D eigenvalue weighted by Crippen LogP contribution is 2.18. The summed E-state index contributed by atoms with van der Waals surface area (Å²) in [7, 11) is 0. The summed E-state index contributed by atoms with van der Waals surface area (Å²) in [5.41, 5.74) is 7.28. The van der Waals surface area contributed by atoms with E-state index in [4.69, 9.17) is 4.42 Å². The van der Waals surface area contributed by atoms with E-state index in [0.29, 0.717) is 10.7 Å². The van der Waals surface area contributed by atoms with Gasteiger partial charge in [0, 0.05) is 0 Å². The van der Waals surface area contributed by atoms with Crippen molar-refractivity contribution in [2.75, 3.05) is 0 Å². The third kappa shape index (κ3) is 2.40. The smallest absolute Gasteiger partial charge is 0.282 e. The fourth-order valence-electron chi connectivity index (χ4n) is 1.07. The molecule has 1 atom stereocenters. The number of amides is 1. The molecule has 2 rings (SSSR count). The van der Waals surface area contributed by atoms with E-state index in [1.54, 1.807) is 6.07 Å². The maximum absolute atomic E-state index is 11.5. The lowest BCUT2D eigenvalue weighted by Gasteiger charge is -1.98. The fourth-order valence-corrected chi connectivity index (χ4v) is 1.84. The van der Waals surface area contributed by atoms with E-state index < -0.39 is 0 Å². The van der Waals surface area contributed by atoms with Gasteiger partial charge < -0.3 is 4.42 Å². The Morgan fingerprint density at radius 2 is 2.67 bits per heavy atom. The molecule has 0 aromatic carbocycles. The molecule has 1 aromatic rings. The van der Waals surface area contributed by atoms with Crippen LogP contribution in [0.3, 0.4) is 0 Å². The van der Waals surface area contributed by atoms with Crippen LogP contribution in [0.1, 0.15) is 23.7 Å². The van der Waals surface area contributed by atoms with Gasteiger partial charge in [0.15, 0.2) is 0 Å². The normalized spacial score (nSPS) is 23.0. The van der Waals surface area contributed by atoms with Crippen LogP contribution in [0.5, 0.6) is 0 Å². The average Bonchev–Trinajstić information content (AvgIpc) is 2.87. The van der Waals surface area contributed by atoms with Gasteiger partial charge in [-0.3, -0.25) is 4.79 Å². The van der Waals surface area contributed by atoms with Crippen molar-refractivity contribution in [3.05, 3.63) is 24.2 Å². The Balaban J connectivity index is 2.02. The van der Waals surface area contributed by atoms with Crippen LogP contribution in [0.4, 0.5) is 0 Å². The Hall–Kier alpha value is -1.27. The number of carbonyl (C=O) groups excluding carboxylic acids is 1. The molecule has 6 heteroatoms. The molecular weight excluding hydrogens is 214 g/mol. The SMILES string of the molecule is CCC1N[N]C(=NC(=O)c2ccoc2)S1. The van der Waals surface area contributed by atoms with Gasteiger partial charge in [0.1, 0.15) is 6.26 Å². The topological polar surface area (TPSA) is 68.7 Å². The van der Waals surface area contributed by atoms with Gasteiger partial charge in [-0.25, -0.2) is 0 Å². The van der Waals surface area contributed by atoms with Gasteiger partial charge in [-0.15, -0.1) is 0 Å². The molecule has 1 aromatic heterocycles. The number of thioether (sulfide) groups is 1. The summed E-state index contributed by atoms with van der Waals surface area (Å²) in [6, 6.07) is 1.58. The molecule has 79 valence electrons. The van der Waals surface area contributed by atoms with Crippen LogP contribution in [0.25, 0.3) is 0 Å². The van der Waals surface area contributed by atoms with Crippen LogP contribution in [0.2, 0.25) is 0 Å². The van der Waals surface area contributed by atoms with Crippen molar-refractivity contribution in [1.82, 2.24) is 10.9 Å². The van der Waals surface area contributed by atoms with Crippen LogP contribution >= 0.6 is 11.8 Å². The number of furan rings is 1. The Morgan fingerprint density at radius 3 is 3.27 bits per heavy atom. The number of carbonyl (C=O) groups is 1. The predicted molar refractivity (Wildman–Crippen MR) is 57.4 cm³/mol. The summed E-state index contributed by atoms with van der Waals surface area (Å²) in [5.74, 6) is -0.325. The number of nitrogens with zero attached hydrogens (tertiary/aromatic N) is 2. The quantitative estimate of drug-likeness (QED) is 0.823. The summed E-state index contributed by atoms with van der Waals surface area (Å²) in [4.78, 5) is 15.4. The number of amidine groups is 1. The number of aliphatic imine (C=N–C) groups is 1. The second-order valence-electron chi connectivity index (χ2n) is 2.97. The molecule has 0 saturated carbocycles. The van der Waals surface area contributed by atoms with Gasteiger partial charge in [0.25, 0.3) is 5.91 Å². The van der Waals surface area contributed by atoms with E-state index in [2.05, 4.69) is 15.8 Å². The molecule has 1 N–H and O–H groups in total. The number of hydrogen-bond donors (Lipinski definition) is 1. The first-order chi connectivity index (χ1) is 7.29. The third-order valence-electron chi connectivity index (χ3n) is 1.89. The molecule has 0 bridgehead atoms. The van der Waals surface area contributed by atoms with Crippen molar-refractivity contribution >= 4 is 22.8 Å². The van der Waals surface area contributed by atoms with E-state index in [-0.39, 0.29) is 11.3 Å². The highest BCUT2D eigenvalue weighted by atomic mass is 32.2. The lowest BCUT2D eigenvalue weighted by Crippen LogP contribution is -2.24. The second-order valence-corrected chi connectivity index (χ2v) is 4.14. The number of rotatable bonds is 2. The number of nitrogens with one attached hydrogen (secondary N) is 1. The molecule has 15 heavy (non-hydrogen) atoms. The Kier molecular flexibility index (Phi) is 3.08. The first kappa shape index (κ1) is 10.3. The molecule has 0 aliphatic carbocycles. The van der Waals surface area contributed by atoms with E-state index in [1.807, 2.05) is 6.92 Å². The Labute approximate surface area is 91.3 Å². The van der Waals surface area contributed by atoms with E-state index in [0.717, 1.165) is 6.42 Å². The van der Waals surface area contributed by atoms with Crippen molar-refractivity contribution < 1.29 is 9.21 Å². The average molecular weight is 224 g/mol. The monoisotopic (exact) mass is 224 g/mol. The first-order valence-corrected chi connectivity index (χ1v) is 5.45.